The van der Waals surface area contributed by atoms with Gasteiger partial charge in [0, 0.05) is 4.47 Å². The van der Waals surface area contributed by atoms with Gasteiger partial charge in [0.15, 0.2) is 0 Å². The van der Waals surface area contributed by atoms with Crippen LogP contribution in [0, 0.1) is 0 Å². The number of hydrogen-bond acceptors (Lipinski definition) is 4. The third kappa shape index (κ3) is 5.08. The zero-order chi connectivity index (χ0) is 23.5. The number of imide groups is 1. The van der Waals surface area contributed by atoms with Crippen molar-refractivity contribution in [3.8, 4) is 5.75 Å². The van der Waals surface area contributed by atoms with E-state index in [2.05, 4.69) is 15.9 Å². The molecule has 0 aliphatic carbocycles. The van der Waals surface area contributed by atoms with E-state index < -0.39 is 0 Å². The van der Waals surface area contributed by atoms with Crippen LogP contribution in [0.3, 0.4) is 0 Å². The lowest BCUT2D eigenvalue weighted by Crippen LogP contribution is -2.27. The number of carbonyl (C=O) groups is 2. The summed E-state index contributed by atoms with van der Waals surface area (Å²) in [6, 6.07) is 29.5. The molecule has 0 spiro atoms. The second kappa shape index (κ2) is 9.87. The van der Waals surface area contributed by atoms with Crippen molar-refractivity contribution in [2.75, 3.05) is 0 Å². The van der Waals surface area contributed by atoms with E-state index in [4.69, 9.17) is 4.74 Å². The van der Waals surface area contributed by atoms with Gasteiger partial charge < -0.3 is 4.74 Å². The second-order valence-corrected chi connectivity index (χ2v) is 9.84. The molecular formula is C28H20BrNO3S. The molecule has 0 N–H and O–H groups in total. The standard InChI is InChI=1S/C28H20BrNO3S/c29-24-11-6-20(7-12-24)18-33-25-13-8-19(9-14-25)16-26-27(31)30(28(32)34-26)17-21-5-10-22-3-1-2-4-23(22)15-21/h1-16H,17-18H2/b26-16-. The normalized spacial score (nSPS) is 14.9. The van der Waals surface area contributed by atoms with Gasteiger partial charge in [-0.1, -0.05) is 76.6 Å². The molecule has 1 heterocycles. The molecule has 6 heteroatoms. The summed E-state index contributed by atoms with van der Waals surface area (Å²) in [6.45, 7) is 0.732. The average Bonchev–Trinajstić information content (AvgIpc) is 3.12. The molecule has 4 nitrogen and oxygen atoms in total. The molecule has 0 radical (unpaired) electrons. The minimum absolute atomic E-state index is 0.251. The molecule has 0 saturated carbocycles. The Morgan fingerprint density at radius 3 is 2.29 bits per heavy atom. The maximum Gasteiger partial charge on any atom is 0.293 e. The number of thioether (sulfide) groups is 1. The van der Waals surface area contributed by atoms with Crippen LogP contribution in [-0.2, 0) is 17.9 Å². The van der Waals surface area contributed by atoms with Gasteiger partial charge in [-0.15, -0.1) is 0 Å². The van der Waals surface area contributed by atoms with Gasteiger partial charge in [-0.3, -0.25) is 14.5 Å². The fourth-order valence-corrected chi connectivity index (χ4v) is 4.82. The highest BCUT2D eigenvalue weighted by Gasteiger charge is 2.35. The predicted octanol–water partition coefficient (Wildman–Crippen LogP) is 7.42. The van der Waals surface area contributed by atoms with Crippen LogP contribution in [0.5, 0.6) is 5.75 Å². The van der Waals surface area contributed by atoms with Crippen molar-refractivity contribution in [3.05, 3.63) is 117 Å². The third-order valence-electron chi connectivity index (χ3n) is 5.52. The van der Waals surface area contributed by atoms with Gasteiger partial charge in [0.25, 0.3) is 11.1 Å². The number of halogens is 1. The molecule has 4 aromatic rings. The Morgan fingerprint density at radius 1 is 0.824 bits per heavy atom. The number of rotatable bonds is 6. The summed E-state index contributed by atoms with van der Waals surface area (Å²) in [5, 5.41) is 1.97. The monoisotopic (exact) mass is 529 g/mol. The molecule has 1 saturated heterocycles. The topological polar surface area (TPSA) is 46.6 Å². The van der Waals surface area contributed by atoms with Gasteiger partial charge in [-0.25, -0.2) is 0 Å². The second-order valence-electron chi connectivity index (χ2n) is 7.93. The van der Waals surface area contributed by atoms with Gasteiger partial charge in [0.1, 0.15) is 12.4 Å². The highest BCUT2D eigenvalue weighted by Crippen LogP contribution is 2.34. The molecule has 4 aromatic carbocycles. The molecule has 34 heavy (non-hydrogen) atoms. The van der Waals surface area contributed by atoms with E-state index in [-0.39, 0.29) is 17.7 Å². The van der Waals surface area contributed by atoms with Crippen molar-refractivity contribution in [1.82, 2.24) is 4.90 Å². The van der Waals surface area contributed by atoms with E-state index in [0.29, 0.717) is 11.5 Å². The highest BCUT2D eigenvalue weighted by molar-refractivity contribution is 9.10. The fourth-order valence-electron chi connectivity index (χ4n) is 3.71. The summed E-state index contributed by atoms with van der Waals surface area (Å²) in [7, 11) is 0. The maximum absolute atomic E-state index is 12.9. The average molecular weight is 530 g/mol. The van der Waals surface area contributed by atoms with E-state index in [9.17, 15) is 9.59 Å². The number of nitrogens with zero attached hydrogens (tertiary/aromatic N) is 1. The molecule has 2 amide bonds. The maximum atomic E-state index is 12.9. The molecule has 0 bridgehead atoms. The first-order chi connectivity index (χ1) is 16.5. The molecule has 168 valence electrons. The quantitative estimate of drug-likeness (QED) is 0.244. The molecule has 1 fully saturated rings. The summed E-state index contributed by atoms with van der Waals surface area (Å²) in [5.74, 6) is 0.475. The smallest absolute Gasteiger partial charge is 0.293 e. The SMILES string of the molecule is O=C1S/C(=C\c2ccc(OCc3ccc(Br)cc3)cc2)C(=O)N1Cc1ccc2ccccc2c1. The Balaban J connectivity index is 1.25. The van der Waals surface area contributed by atoms with Gasteiger partial charge >= 0.3 is 0 Å². The number of ether oxygens (including phenoxy) is 1. The molecular weight excluding hydrogens is 510 g/mol. The van der Waals surface area contributed by atoms with Crippen LogP contribution in [0.25, 0.3) is 16.8 Å². The Bertz CT molecular complexity index is 1400. The van der Waals surface area contributed by atoms with E-state index in [0.717, 1.165) is 49.4 Å². The zero-order valence-electron chi connectivity index (χ0n) is 18.1. The van der Waals surface area contributed by atoms with Crippen LogP contribution in [0.2, 0.25) is 0 Å². The molecule has 0 unspecified atom stereocenters. The van der Waals surface area contributed by atoms with Crippen molar-refractivity contribution >= 4 is 55.7 Å². The fraction of sp³-hybridized carbons (Fsp3) is 0.0714. The number of benzene rings is 4. The summed E-state index contributed by atoms with van der Waals surface area (Å²) < 4.78 is 6.87. The molecule has 0 atom stereocenters. The van der Waals surface area contributed by atoms with Crippen molar-refractivity contribution in [1.29, 1.82) is 0 Å². The first-order valence-corrected chi connectivity index (χ1v) is 12.4. The van der Waals surface area contributed by atoms with Gasteiger partial charge in [-0.2, -0.15) is 0 Å². The predicted molar refractivity (Wildman–Crippen MR) is 140 cm³/mol. The van der Waals surface area contributed by atoms with Crippen molar-refractivity contribution in [2.45, 2.75) is 13.2 Å². The van der Waals surface area contributed by atoms with Crippen LogP contribution in [0.1, 0.15) is 16.7 Å². The largest absolute Gasteiger partial charge is 0.489 e. The highest BCUT2D eigenvalue weighted by atomic mass is 79.9. The number of carbonyl (C=O) groups excluding carboxylic acids is 2. The lowest BCUT2D eigenvalue weighted by atomic mass is 10.1. The van der Waals surface area contributed by atoms with Gasteiger partial charge in [0.05, 0.1) is 11.4 Å². The van der Waals surface area contributed by atoms with Crippen LogP contribution in [0.15, 0.2) is 100 Å². The number of amides is 2. The van der Waals surface area contributed by atoms with Gasteiger partial charge in [0.2, 0.25) is 0 Å². The minimum atomic E-state index is -0.265. The minimum Gasteiger partial charge on any atom is -0.489 e. The van der Waals surface area contributed by atoms with Crippen LogP contribution >= 0.6 is 27.7 Å². The number of fused-ring (bicyclic) bond motifs is 1. The van der Waals surface area contributed by atoms with Crippen LogP contribution < -0.4 is 4.74 Å². The molecule has 5 rings (SSSR count). The molecule has 1 aliphatic rings. The first kappa shape index (κ1) is 22.4. The summed E-state index contributed by atoms with van der Waals surface area (Å²) in [4.78, 5) is 27.2. The third-order valence-corrected chi connectivity index (χ3v) is 6.96. The van der Waals surface area contributed by atoms with Crippen LogP contribution in [0.4, 0.5) is 4.79 Å². The Labute approximate surface area is 210 Å². The number of hydrogen-bond donors (Lipinski definition) is 0. The van der Waals surface area contributed by atoms with Crippen molar-refractivity contribution < 1.29 is 14.3 Å². The zero-order valence-corrected chi connectivity index (χ0v) is 20.5. The molecule has 0 aromatic heterocycles. The van der Waals surface area contributed by atoms with E-state index in [1.165, 1.54) is 4.90 Å². The van der Waals surface area contributed by atoms with E-state index in [1.807, 2.05) is 91.0 Å². The van der Waals surface area contributed by atoms with Gasteiger partial charge in [-0.05, 0) is 75.6 Å². The summed E-state index contributed by atoms with van der Waals surface area (Å²) in [5.41, 5.74) is 2.84. The summed E-state index contributed by atoms with van der Waals surface area (Å²) in [6.07, 6.45) is 1.75. The first-order valence-electron chi connectivity index (χ1n) is 10.8. The van der Waals surface area contributed by atoms with Crippen molar-refractivity contribution in [2.24, 2.45) is 0 Å². The Kier molecular flexibility index (Phi) is 6.52. The van der Waals surface area contributed by atoms with E-state index in [1.54, 1.807) is 6.08 Å². The Morgan fingerprint density at radius 2 is 1.53 bits per heavy atom. The van der Waals surface area contributed by atoms with Crippen molar-refractivity contribution in [3.63, 3.8) is 0 Å². The Hall–Kier alpha value is -3.35. The lowest BCUT2D eigenvalue weighted by Gasteiger charge is -2.13. The molecule has 1 aliphatic heterocycles. The van der Waals surface area contributed by atoms with E-state index >= 15 is 0 Å². The summed E-state index contributed by atoms with van der Waals surface area (Å²) >= 11 is 4.40. The lowest BCUT2D eigenvalue weighted by molar-refractivity contribution is -0.123. The van der Waals surface area contributed by atoms with Crippen LogP contribution in [-0.4, -0.2) is 16.0 Å².